The predicted octanol–water partition coefficient (Wildman–Crippen LogP) is 6.47. The Morgan fingerprint density at radius 1 is 0.964 bits per heavy atom. The summed E-state index contributed by atoms with van der Waals surface area (Å²) in [7, 11) is 0. The molecule has 0 fully saturated rings. The van der Waals surface area contributed by atoms with Gasteiger partial charge in [0.2, 0.25) is 0 Å². The van der Waals surface area contributed by atoms with Gasteiger partial charge in [-0.15, -0.1) is 0 Å². The Labute approximate surface area is 182 Å². The fraction of sp³-hybridized carbons (Fsp3) is 0.100. The summed E-state index contributed by atoms with van der Waals surface area (Å²) in [5.41, 5.74) is 6.25. The predicted molar refractivity (Wildman–Crippen MR) is 117 cm³/mol. The molecule has 2 aromatic carbocycles. The molecule has 8 heteroatoms. The van der Waals surface area contributed by atoms with E-state index in [9.17, 15) is 4.79 Å². The number of carbonyl (C=O) groups is 1. The largest absolute Gasteiger partial charge is 0.318 e. The molecule has 1 amide bonds. The second-order valence-corrected chi connectivity index (χ2v) is 7.73. The van der Waals surface area contributed by atoms with Crippen LogP contribution in [-0.4, -0.2) is 16.7 Å². The zero-order chi connectivity index (χ0) is 20.4. The normalized spacial score (nSPS) is 11.2. The standard InChI is InChI=1S/C20H15Cl4N3O/c1-11-3-4-12(2)27(11)15-5-6-16(17(22)9-15)20(28)26-25-10-13-7-14(21)8-18(23)19(13)24/h3-10H,1-2H3,(H,26,28)/b25-10-. The zero-order valence-corrected chi connectivity index (χ0v) is 18.0. The minimum atomic E-state index is -0.446. The van der Waals surface area contributed by atoms with Crippen molar-refractivity contribution < 1.29 is 4.79 Å². The number of halogens is 4. The smallest absolute Gasteiger partial charge is 0.272 e. The van der Waals surface area contributed by atoms with E-state index in [-0.39, 0.29) is 0 Å². The molecule has 0 aliphatic heterocycles. The third-order valence-corrected chi connectivity index (χ3v) is 5.47. The number of amides is 1. The highest BCUT2D eigenvalue weighted by Gasteiger charge is 2.12. The summed E-state index contributed by atoms with van der Waals surface area (Å²) in [5, 5.41) is 5.24. The van der Waals surface area contributed by atoms with E-state index in [0.29, 0.717) is 31.2 Å². The molecule has 28 heavy (non-hydrogen) atoms. The minimum Gasteiger partial charge on any atom is -0.318 e. The molecule has 1 heterocycles. The molecule has 1 N–H and O–H groups in total. The van der Waals surface area contributed by atoms with Gasteiger partial charge in [-0.3, -0.25) is 4.79 Å². The third-order valence-electron chi connectivity index (χ3n) is 4.12. The van der Waals surface area contributed by atoms with Crippen molar-refractivity contribution in [2.45, 2.75) is 13.8 Å². The van der Waals surface area contributed by atoms with Crippen LogP contribution >= 0.6 is 46.4 Å². The lowest BCUT2D eigenvalue weighted by molar-refractivity contribution is 0.0955. The Morgan fingerprint density at radius 2 is 1.64 bits per heavy atom. The van der Waals surface area contributed by atoms with Gasteiger partial charge < -0.3 is 4.57 Å². The highest BCUT2D eigenvalue weighted by molar-refractivity contribution is 6.44. The summed E-state index contributed by atoms with van der Waals surface area (Å²) in [6.07, 6.45) is 1.37. The van der Waals surface area contributed by atoms with E-state index in [4.69, 9.17) is 46.4 Å². The molecule has 0 aliphatic rings. The van der Waals surface area contributed by atoms with Crippen molar-refractivity contribution in [1.82, 2.24) is 9.99 Å². The number of hydrogen-bond acceptors (Lipinski definition) is 2. The highest BCUT2D eigenvalue weighted by atomic mass is 35.5. The van der Waals surface area contributed by atoms with Crippen LogP contribution in [0.15, 0.2) is 47.6 Å². The third kappa shape index (κ3) is 4.36. The molecule has 0 unspecified atom stereocenters. The van der Waals surface area contributed by atoms with Gasteiger partial charge in [0.1, 0.15) is 0 Å². The van der Waals surface area contributed by atoms with Crippen molar-refractivity contribution in [2.24, 2.45) is 5.10 Å². The first-order valence-electron chi connectivity index (χ1n) is 8.20. The summed E-state index contributed by atoms with van der Waals surface area (Å²) < 4.78 is 2.05. The first kappa shape index (κ1) is 20.7. The maximum atomic E-state index is 12.4. The van der Waals surface area contributed by atoms with Crippen molar-refractivity contribution in [3.8, 4) is 5.69 Å². The maximum absolute atomic E-state index is 12.4. The quantitative estimate of drug-likeness (QED) is 0.274. The van der Waals surface area contributed by atoms with Gasteiger partial charge in [0.05, 0.1) is 26.8 Å². The number of rotatable bonds is 4. The molecule has 4 nitrogen and oxygen atoms in total. The number of benzene rings is 2. The van der Waals surface area contributed by atoms with Crippen LogP contribution in [0.5, 0.6) is 0 Å². The van der Waals surface area contributed by atoms with Crippen LogP contribution in [0.1, 0.15) is 27.3 Å². The van der Waals surface area contributed by atoms with Gasteiger partial charge in [0, 0.05) is 27.7 Å². The molecular formula is C20H15Cl4N3O. The lowest BCUT2D eigenvalue weighted by Crippen LogP contribution is -2.18. The fourth-order valence-electron chi connectivity index (χ4n) is 2.79. The average molecular weight is 455 g/mol. The molecular weight excluding hydrogens is 440 g/mol. The van der Waals surface area contributed by atoms with Crippen molar-refractivity contribution in [2.75, 3.05) is 0 Å². The molecule has 3 rings (SSSR count). The average Bonchev–Trinajstić information content (AvgIpc) is 2.97. The van der Waals surface area contributed by atoms with Gasteiger partial charge in [-0.1, -0.05) is 46.4 Å². The number of aryl methyl sites for hydroxylation is 2. The van der Waals surface area contributed by atoms with Crippen LogP contribution in [0, 0.1) is 13.8 Å². The molecule has 0 spiro atoms. The van der Waals surface area contributed by atoms with E-state index in [1.54, 1.807) is 18.2 Å². The Balaban J connectivity index is 1.78. The van der Waals surface area contributed by atoms with Crippen LogP contribution < -0.4 is 5.43 Å². The first-order chi connectivity index (χ1) is 13.3. The summed E-state index contributed by atoms with van der Waals surface area (Å²) in [6.45, 7) is 4.01. The van der Waals surface area contributed by atoms with E-state index in [1.807, 2.05) is 32.0 Å². The number of nitrogens with one attached hydrogen (secondary N) is 1. The van der Waals surface area contributed by atoms with Gasteiger partial charge in [0.15, 0.2) is 0 Å². The number of aromatic nitrogens is 1. The Hall–Kier alpha value is -1.98. The number of hydrogen-bond donors (Lipinski definition) is 1. The van der Waals surface area contributed by atoms with Crippen molar-refractivity contribution in [1.29, 1.82) is 0 Å². The Bertz CT molecular complexity index is 1070. The van der Waals surface area contributed by atoms with Gasteiger partial charge in [-0.25, -0.2) is 5.43 Å². The maximum Gasteiger partial charge on any atom is 0.272 e. The van der Waals surface area contributed by atoms with E-state index >= 15 is 0 Å². The SMILES string of the molecule is Cc1ccc(C)n1-c1ccc(C(=O)N/N=C\c2cc(Cl)cc(Cl)c2Cl)c(Cl)c1. The summed E-state index contributed by atoms with van der Waals surface area (Å²) in [4.78, 5) is 12.4. The van der Waals surface area contributed by atoms with Gasteiger partial charge in [-0.2, -0.15) is 5.10 Å². The molecule has 3 aromatic rings. The lowest BCUT2D eigenvalue weighted by atomic mass is 10.2. The zero-order valence-electron chi connectivity index (χ0n) is 14.9. The molecule has 0 saturated heterocycles. The highest BCUT2D eigenvalue weighted by Crippen LogP contribution is 2.28. The van der Waals surface area contributed by atoms with Crippen LogP contribution in [0.4, 0.5) is 0 Å². The van der Waals surface area contributed by atoms with Crippen molar-refractivity contribution in [3.05, 3.63) is 85.1 Å². The van der Waals surface area contributed by atoms with Crippen LogP contribution in [-0.2, 0) is 0 Å². The Kier molecular flexibility index (Phi) is 6.36. The van der Waals surface area contributed by atoms with E-state index in [2.05, 4.69) is 15.1 Å². The van der Waals surface area contributed by atoms with Crippen LogP contribution in [0.25, 0.3) is 5.69 Å². The van der Waals surface area contributed by atoms with Crippen LogP contribution in [0.3, 0.4) is 0 Å². The first-order valence-corrected chi connectivity index (χ1v) is 9.72. The number of hydrazone groups is 1. The van der Waals surface area contributed by atoms with E-state index < -0.39 is 5.91 Å². The number of nitrogens with zero attached hydrogens (tertiary/aromatic N) is 2. The topological polar surface area (TPSA) is 46.4 Å². The van der Waals surface area contributed by atoms with Crippen molar-refractivity contribution >= 4 is 58.5 Å². The molecule has 0 saturated carbocycles. The monoisotopic (exact) mass is 453 g/mol. The molecule has 0 aliphatic carbocycles. The van der Waals surface area contributed by atoms with Gasteiger partial charge >= 0.3 is 0 Å². The van der Waals surface area contributed by atoms with E-state index in [1.165, 1.54) is 12.3 Å². The summed E-state index contributed by atoms with van der Waals surface area (Å²) in [6, 6.07) is 12.4. The second kappa shape index (κ2) is 8.58. The molecule has 0 atom stereocenters. The van der Waals surface area contributed by atoms with Crippen molar-refractivity contribution in [3.63, 3.8) is 0 Å². The summed E-state index contributed by atoms with van der Waals surface area (Å²) in [5.74, 6) is -0.446. The summed E-state index contributed by atoms with van der Waals surface area (Å²) >= 11 is 24.3. The fourth-order valence-corrected chi connectivity index (χ4v) is 3.72. The molecule has 1 aromatic heterocycles. The lowest BCUT2D eigenvalue weighted by Gasteiger charge is -2.11. The van der Waals surface area contributed by atoms with Crippen LogP contribution in [0.2, 0.25) is 20.1 Å². The number of carbonyl (C=O) groups excluding carboxylic acids is 1. The van der Waals surface area contributed by atoms with E-state index in [0.717, 1.165) is 17.1 Å². The minimum absolute atomic E-state index is 0.295. The molecule has 144 valence electrons. The Morgan fingerprint density at radius 3 is 2.29 bits per heavy atom. The second-order valence-electron chi connectivity index (χ2n) is 6.11. The van der Waals surface area contributed by atoms with Gasteiger partial charge in [0.25, 0.3) is 5.91 Å². The van der Waals surface area contributed by atoms with Gasteiger partial charge in [-0.05, 0) is 56.3 Å². The molecule has 0 radical (unpaired) electrons. The molecule has 0 bridgehead atoms.